The maximum Gasteiger partial charge on any atom is 0.226 e. The van der Waals surface area contributed by atoms with Gasteiger partial charge in [-0.05, 0) is 68.8 Å². The van der Waals surface area contributed by atoms with Crippen LogP contribution in [0.2, 0.25) is 0 Å². The van der Waals surface area contributed by atoms with Gasteiger partial charge in [-0.1, -0.05) is 19.9 Å². The van der Waals surface area contributed by atoms with Crippen LogP contribution in [-0.4, -0.2) is 48.2 Å². The van der Waals surface area contributed by atoms with Gasteiger partial charge in [0.1, 0.15) is 0 Å². The summed E-state index contributed by atoms with van der Waals surface area (Å²) in [6.07, 6.45) is 10.3. The number of rotatable bonds is 3. The molecule has 0 spiro atoms. The monoisotopic (exact) mass is 384 g/mol. The number of amides is 1. The van der Waals surface area contributed by atoms with Crippen LogP contribution in [0.3, 0.4) is 0 Å². The van der Waals surface area contributed by atoms with Crippen molar-refractivity contribution in [2.45, 2.75) is 53.4 Å². The lowest BCUT2D eigenvalue weighted by atomic mass is 9.50. The van der Waals surface area contributed by atoms with Crippen molar-refractivity contribution in [3.05, 3.63) is 23.9 Å². The van der Waals surface area contributed by atoms with Gasteiger partial charge in [-0.25, -0.2) is 0 Å². The largest absolute Gasteiger partial charge is 0.377 e. The maximum atomic E-state index is 13.3. The Bertz CT molecular complexity index is 737. The SMILES string of the molecule is CCN(CC)C(=O)C1CC[C@H]2[C@@H]3CN(C)C4=CC(=O)C=C[C@]4(C)[C@@H]3CC[C@]12C. The third-order valence-electron chi connectivity index (χ3n) is 8.90. The first-order chi connectivity index (χ1) is 13.3. The van der Waals surface area contributed by atoms with Gasteiger partial charge in [0.15, 0.2) is 5.78 Å². The molecule has 154 valence electrons. The van der Waals surface area contributed by atoms with E-state index in [9.17, 15) is 9.59 Å². The van der Waals surface area contributed by atoms with Crippen molar-refractivity contribution in [1.82, 2.24) is 9.80 Å². The van der Waals surface area contributed by atoms with Crippen molar-refractivity contribution in [2.75, 3.05) is 26.7 Å². The lowest BCUT2D eigenvalue weighted by Crippen LogP contribution is -2.57. The molecule has 1 heterocycles. The highest BCUT2D eigenvalue weighted by Gasteiger charge is 2.61. The normalized spacial score (nSPS) is 41.8. The second kappa shape index (κ2) is 6.74. The summed E-state index contributed by atoms with van der Waals surface area (Å²) in [6.45, 7) is 11.5. The molecule has 0 bridgehead atoms. The predicted octanol–water partition coefficient (Wildman–Crippen LogP) is 3.89. The van der Waals surface area contributed by atoms with E-state index in [1.165, 1.54) is 12.1 Å². The van der Waals surface area contributed by atoms with Gasteiger partial charge < -0.3 is 9.80 Å². The number of piperidine rings is 1. The average molecular weight is 385 g/mol. The van der Waals surface area contributed by atoms with Gasteiger partial charge >= 0.3 is 0 Å². The van der Waals surface area contributed by atoms with E-state index in [0.717, 1.165) is 38.9 Å². The number of likely N-dealkylation sites (tertiary alicyclic amines) is 1. The molecule has 0 aromatic heterocycles. The van der Waals surface area contributed by atoms with Gasteiger partial charge in [0, 0.05) is 49.8 Å². The number of ketones is 1. The summed E-state index contributed by atoms with van der Waals surface area (Å²) in [5.41, 5.74) is 1.26. The molecule has 4 heteroatoms. The molecule has 0 N–H and O–H groups in total. The third-order valence-corrected chi connectivity index (χ3v) is 8.90. The highest BCUT2D eigenvalue weighted by molar-refractivity contribution is 6.01. The van der Waals surface area contributed by atoms with Crippen molar-refractivity contribution >= 4 is 11.7 Å². The highest BCUT2D eigenvalue weighted by atomic mass is 16.2. The van der Waals surface area contributed by atoms with E-state index in [2.05, 4.69) is 45.7 Å². The van der Waals surface area contributed by atoms with E-state index >= 15 is 0 Å². The Morgan fingerprint density at radius 3 is 2.57 bits per heavy atom. The maximum absolute atomic E-state index is 13.3. The standard InChI is InChI=1S/C24H36N2O2/c1-6-26(7-2)22(28)20-9-8-18-17-15-25(5)21-14-16(27)10-12-24(21,4)19(17)11-13-23(18,20)3/h10,12,14,17-20H,6-9,11,13,15H2,1-5H3/t17-,18-,19+,20?,23-,24+/m0/s1. The Labute approximate surface area is 170 Å². The fourth-order valence-corrected chi connectivity index (χ4v) is 7.38. The van der Waals surface area contributed by atoms with Gasteiger partial charge in [0.2, 0.25) is 5.91 Å². The summed E-state index contributed by atoms with van der Waals surface area (Å²) in [6, 6.07) is 0. The minimum absolute atomic E-state index is 0.0477. The summed E-state index contributed by atoms with van der Waals surface area (Å²) in [4.78, 5) is 29.6. The molecule has 3 aliphatic carbocycles. The number of hydrogen-bond donors (Lipinski definition) is 0. The van der Waals surface area contributed by atoms with E-state index in [-0.39, 0.29) is 22.5 Å². The van der Waals surface area contributed by atoms with E-state index < -0.39 is 0 Å². The minimum Gasteiger partial charge on any atom is -0.377 e. The molecule has 1 saturated heterocycles. The van der Waals surface area contributed by atoms with Crippen LogP contribution in [0.4, 0.5) is 0 Å². The number of carbonyl (C=O) groups is 2. The van der Waals surface area contributed by atoms with Crippen LogP contribution < -0.4 is 0 Å². The topological polar surface area (TPSA) is 40.6 Å². The van der Waals surface area contributed by atoms with Crippen molar-refractivity contribution in [2.24, 2.45) is 34.5 Å². The average Bonchev–Trinajstić information content (AvgIpc) is 3.01. The minimum atomic E-state index is -0.0477. The van der Waals surface area contributed by atoms with E-state index in [1.807, 2.05) is 11.0 Å². The van der Waals surface area contributed by atoms with Crippen LogP contribution in [0.5, 0.6) is 0 Å². The first-order valence-electron chi connectivity index (χ1n) is 11.2. The Morgan fingerprint density at radius 1 is 1.18 bits per heavy atom. The molecule has 4 aliphatic rings. The van der Waals surface area contributed by atoms with E-state index in [1.54, 1.807) is 6.08 Å². The van der Waals surface area contributed by atoms with Gasteiger partial charge in [0.25, 0.3) is 0 Å². The summed E-state index contributed by atoms with van der Waals surface area (Å²) in [7, 11) is 2.15. The van der Waals surface area contributed by atoms with Crippen LogP contribution in [0.15, 0.2) is 23.9 Å². The van der Waals surface area contributed by atoms with Crippen LogP contribution in [0.1, 0.15) is 53.4 Å². The fourth-order valence-electron chi connectivity index (χ4n) is 7.38. The summed E-state index contributed by atoms with van der Waals surface area (Å²) < 4.78 is 0. The summed E-state index contributed by atoms with van der Waals surface area (Å²) in [5, 5.41) is 0. The van der Waals surface area contributed by atoms with E-state index in [0.29, 0.717) is 23.7 Å². The molecule has 0 aromatic rings. The third kappa shape index (κ3) is 2.63. The van der Waals surface area contributed by atoms with Crippen LogP contribution >= 0.6 is 0 Å². The molecule has 1 amide bonds. The number of hydrogen-bond acceptors (Lipinski definition) is 3. The molecule has 0 radical (unpaired) electrons. The lowest BCUT2D eigenvalue weighted by Gasteiger charge is -2.59. The molecule has 6 atom stereocenters. The van der Waals surface area contributed by atoms with Crippen molar-refractivity contribution in [3.63, 3.8) is 0 Å². The van der Waals surface area contributed by atoms with Gasteiger partial charge in [-0.2, -0.15) is 0 Å². The molecular formula is C24H36N2O2. The van der Waals surface area contributed by atoms with Gasteiger partial charge in [-0.3, -0.25) is 9.59 Å². The molecular weight excluding hydrogens is 348 g/mol. The van der Waals surface area contributed by atoms with Gasteiger partial charge in [0.05, 0.1) is 0 Å². The molecule has 4 nitrogen and oxygen atoms in total. The van der Waals surface area contributed by atoms with Crippen LogP contribution in [0.25, 0.3) is 0 Å². The van der Waals surface area contributed by atoms with Crippen molar-refractivity contribution < 1.29 is 9.59 Å². The summed E-state index contributed by atoms with van der Waals surface area (Å²) in [5.74, 6) is 2.44. The zero-order chi connectivity index (χ0) is 20.3. The predicted molar refractivity (Wildman–Crippen MR) is 111 cm³/mol. The second-order valence-electron chi connectivity index (χ2n) is 9.99. The Kier molecular flexibility index (Phi) is 4.75. The molecule has 0 aromatic carbocycles. The Hall–Kier alpha value is -1.58. The first kappa shape index (κ1) is 19.7. The van der Waals surface area contributed by atoms with Crippen molar-refractivity contribution in [3.8, 4) is 0 Å². The Morgan fingerprint density at radius 2 is 1.89 bits per heavy atom. The molecule has 28 heavy (non-hydrogen) atoms. The molecule has 3 fully saturated rings. The van der Waals surface area contributed by atoms with Crippen molar-refractivity contribution in [1.29, 1.82) is 0 Å². The van der Waals surface area contributed by atoms with Crippen LogP contribution in [0, 0.1) is 34.5 Å². The molecule has 4 rings (SSSR count). The van der Waals surface area contributed by atoms with Crippen LogP contribution in [-0.2, 0) is 9.59 Å². The number of allylic oxidation sites excluding steroid dienone is 3. The second-order valence-corrected chi connectivity index (χ2v) is 9.99. The number of fused-ring (bicyclic) bond motifs is 5. The molecule has 2 saturated carbocycles. The number of carbonyl (C=O) groups excluding carboxylic acids is 2. The number of nitrogens with zero attached hydrogens (tertiary/aromatic N) is 2. The Balaban J connectivity index is 1.64. The zero-order valence-electron chi connectivity index (χ0n) is 18.2. The summed E-state index contributed by atoms with van der Waals surface area (Å²) >= 11 is 0. The quantitative estimate of drug-likeness (QED) is 0.741. The van der Waals surface area contributed by atoms with Gasteiger partial charge in [-0.15, -0.1) is 0 Å². The lowest BCUT2D eigenvalue weighted by molar-refractivity contribution is -0.142. The smallest absolute Gasteiger partial charge is 0.226 e. The highest BCUT2D eigenvalue weighted by Crippen LogP contribution is 2.64. The zero-order valence-corrected chi connectivity index (χ0v) is 18.2. The van der Waals surface area contributed by atoms with E-state index in [4.69, 9.17) is 0 Å². The molecule has 1 aliphatic heterocycles. The fraction of sp³-hybridized carbons (Fsp3) is 0.750. The molecule has 1 unspecified atom stereocenters. The first-order valence-corrected chi connectivity index (χ1v) is 11.2.